The lowest BCUT2D eigenvalue weighted by atomic mass is 9.96. The Labute approximate surface area is 218 Å². The molecule has 0 fully saturated rings. The Hall–Kier alpha value is -5.33. The van der Waals surface area contributed by atoms with Crippen LogP contribution in [0.1, 0.15) is 17.2 Å². The predicted molar refractivity (Wildman–Crippen MR) is 140 cm³/mol. The quantitative estimate of drug-likeness (QED) is 0.145. The van der Waals surface area contributed by atoms with Crippen LogP contribution >= 0.6 is 0 Å². The van der Waals surface area contributed by atoms with E-state index in [1.807, 2.05) is 12.1 Å². The zero-order chi connectivity index (χ0) is 26.9. The van der Waals surface area contributed by atoms with Crippen molar-refractivity contribution in [3.05, 3.63) is 114 Å². The van der Waals surface area contributed by atoms with Crippen LogP contribution in [-0.4, -0.2) is 28.4 Å². The number of para-hydroxylation sites is 1. The molecule has 0 saturated heterocycles. The first-order chi connectivity index (χ1) is 18.5. The molecule has 0 spiro atoms. The van der Waals surface area contributed by atoms with Gasteiger partial charge in [0.15, 0.2) is 12.2 Å². The van der Waals surface area contributed by atoms with Crippen molar-refractivity contribution in [1.29, 1.82) is 5.26 Å². The molecule has 4 rings (SSSR count). The minimum Gasteiger partial charge on any atom is -0.507 e. The third kappa shape index (κ3) is 6.26. The Kier molecular flexibility index (Phi) is 8.18. The Balaban J connectivity index is 1.76. The summed E-state index contributed by atoms with van der Waals surface area (Å²) >= 11 is 0. The molecule has 4 aromatic carbocycles. The van der Waals surface area contributed by atoms with E-state index in [-0.39, 0.29) is 5.75 Å². The summed E-state index contributed by atoms with van der Waals surface area (Å²) in [5.41, 5.74) is 2.86. The number of anilines is 1. The molecule has 2 amide bonds. The molecule has 9 nitrogen and oxygen atoms in total. The van der Waals surface area contributed by atoms with Crippen LogP contribution in [-0.2, 0) is 9.53 Å². The topological polar surface area (TPSA) is 141 Å². The van der Waals surface area contributed by atoms with E-state index < -0.39 is 24.2 Å². The van der Waals surface area contributed by atoms with E-state index in [2.05, 4.69) is 5.32 Å². The summed E-state index contributed by atoms with van der Waals surface area (Å²) in [4.78, 5) is 24.9. The number of hydroxylamine groups is 1. The number of nitrogens with zero attached hydrogens (tertiary/aromatic N) is 1. The molecule has 0 aromatic heterocycles. The van der Waals surface area contributed by atoms with E-state index >= 15 is 0 Å². The third-order valence-corrected chi connectivity index (χ3v) is 5.60. The predicted octanol–water partition coefficient (Wildman–Crippen LogP) is 5.22. The number of phenols is 1. The van der Waals surface area contributed by atoms with E-state index in [0.717, 1.165) is 6.08 Å². The Morgan fingerprint density at radius 2 is 1.58 bits per heavy atom. The van der Waals surface area contributed by atoms with Crippen molar-refractivity contribution >= 4 is 28.5 Å². The SMILES string of the molecule is N#Cc1ccc(NC(=O)O[C@H](c2ccc(O)c3ccccc23)[C@@H](/C=C/C(=O)NO)Oc2ccccc2)cc1. The fourth-order valence-electron chi connectivity index (χ4n) is 3.83. The van der Waals surface area contributed by atoms with E-state index in [1.54, 1.807) is 78.9 Å². The van der Waals surface area contributed by atoms with Gasteiger partial charge in [-0.3, -0.25) is 15.3 Å². The van der Waals surface area contributed by atoms with Crippen molar-refractivity contribution in [3.8, 4) is 17.6 Å². The first-order valence-corrected chi connectivity index (χ1v) is 11.5. The summed E-state index contributed by atoms with van der Waals surface area (Å²) in [6, 6.07) is 27.1. The summed E-state index contributed by atoms with van der Waals surface area (Å²) in [7, 11) is 0. The number of fused-ring (bicyclic) bond motifs is 1. The van der Waals surface area contributed by atoms with Crippen molar-refractivity contribution in [2.75, 3.05) is 5.32 Å². The zero-order valence-corrected chi connectivity index (χ0v) is 19.9. The van der Waals surface area contributed by atoms with Gasteiger partial charge in [0.05, 0.1) is 11.6 Å². The summed E-state index contributed by atoms with van der Waals surface area (Å²) < 4.78 is 12.0. The van der Waals surface area contributed by atoms with Crippen molar-refractivity contribution in [1.82, 2.24) is 5.48 Å². The number of nitriles is 1. The molecule has 0 radical (unpaired) electrons. The van der Waals surface area contributed by atoms with Gasteiger partial charge >= 0.3 is 6.09 Å². The van der Waals surface area contributed by atoms with Crippen molar-refractivity contribution < 1.29 is 29.4 Å². The lowest BCUT2D eigenvalue weighted by Crippen LogP contribution is -2.30. The number of carbonyl (C=O) groups is 2. The second-order valence-corrected chi connectivity index (χ2v) is 8.09. The fraction of sp³-hybridized carbons (Fsp3) is 0.0690. The second kappa shape index (κ2) is 12.1. The van der Waals surface area contributed by atoms with Crippen molar-refractivity contribution in [2.45, 2.75) is 12.2 Å². The number of nitrogens with one attached hydrogen (secondary N) is 2. The molecule has 190 valence electrons. The number of hydrogen-bond acceptors (Lipinski definition) is 7. The number of carbonyl (C=O) groups excluding carboxylic acids is 2. The highest BCUT2D eigenvalue weighted by atomic mass is 16.6. The van der Waals surface area contributed by atoms with Crippen LogP contribution in [0, 0.1) is 11.3 Å². The maximum atomic E-state index is 13.1. The van der Waals surface area contributed by atoms with Gasteiger partial charge in [-0.15, -0.1) is 0 Å². The van der Waals surface area contributed by atoms with E-state index in [1.165, 1.54) is 17.6 Å². The molecule has 0 aliphatic rings. The average molecular weight is 510 g/mol. The van der Waals surface area contributed by atoms with Gasteiger partial charge in [0, 0.05) is 22.7 Å². The van der Waals surface area contributed by atoms with Gasteiger partial charge in [0.25, 0.3) is 5.91 Å². The molecule has 2 atom stereocenters. The highest BCUT2D eigenvalue weighted by Gasteiger charge is 2.30. The van der Waals surface area contributed by atoms with E-state index in [0.29, 0.717) is 33.3 Å². The van der Waals surface area contributed by atoms with E-state index in [4.69, 9.17) is 19.9 Å². The van der Waals surface area contributed by atoms with Crippen LogP contribution in [0.3, 0.4) is 0 Å². The van der Waals surface area contributed by atoms with Crippen LogP contribution in [0.4, 0.5) is 10.5 Å². The number of benzene rings is 4. The minimum atomic E-state index is -1.11. The zero-order valence-electron chi connectivity index (χ0n) is 19.9. The van der Waals surface area contributed by atoms with E-state index in [9.17, 15) is 14.7 Å². The molecule has 4 N–H and O–H groups in total. The molecule has 0 heterocycles. The van der Waals surface area contributed by atoms with Crippen LogP contribution in [0.2, 0.25) is 0 Å². The standard InChI is InChI=1S/C29H23N3O6/c30-18-19-10-12-20(13-11-19)31-29(35)38-28(24-14-15-25(33)23-9-5-4-8-22(23)24)26(16-17-27(34)32-36)37-21-6-2-1-3-7-21/h1-17,26,28,33,36H,(H,31,35)(H,32,34)/b17-16+/t26-,28-/m1/s1. The average Bonchev–Trinajstić information content (AvgIpc) is 2.95. The van der Waals surface area contributed by atoms with Crippen LogP contribution < -0.4 is 15.5 Å². The van der Waals surface area contributed by atoms with Gasteiger partial charge in [-0.2, -0.15) is 5.26 Å². The van der Waals surface area contributed by atoms with Crippen molar-refractivity contribution in [2.24, 2.45) is 0 Å². The Morgan fingerprint density at radius 1 is 0.895 bits per heavy atom. The van der Waals surface area contributed by atoms with Crippen LogP contribution in [0.25, 0.3) is 10.8 Å². The first-order valence-electron chi connectivity index (χ1n) is 11.5. The lowest BCUT2D eigenvalue weighted by molar-refractivity contribution is -0.124. The molecule has 4 aromatic rings. The molecule has 0 unspecified atom stereocenters. The summed E-state index contributed by atoms with van der Waals surface area (Å²) in [6.07, 6.45) is -0.542. The molecular formula is C29H23N3O6. The number of hydrogen-bond donors (Lipinski definition) is 4. The number of phenolic OH excluding ortho intramolecular Hbond substituents is 1. The van der Waals surface area contributed by atoms with Gasteiger partial charge < -0.3 is 14.6 Å². The summed E-state index contributed by atoms with van der Waals surface area (Å²) in [6.45, 7) is 0. The monoisotopic (exact) mass is 509 g/mol. The van der Waals surface area contributed by atoms with Gasteiger partial charge in [0.2, 0.25) is 0 Å². The lowest BCUT2D eigenvalue weighted by Gasteiger charge is -2.27. The smallest absolute Gasteiger partial charge is 0.412 e. The largest absolute Gasteiger partial charge is 0.507 e. The summed E-state index contributed by atoms with van der Waals surface area (Å²) in [5.74, 6) is -0.320. The minimum absolute atomic E-state index is 0.0425. The number of ether oxygens (including phenoxy) is 2. The van der Waals surface area contributed by atoms with Gasteiger partial charge in [0.1, 0.15) is 11.5 Å². The van der Waals surface area contributed by atoms with Crippen molar-refractivity contribution in [3.63, 3.8) is 0 Å². The summed E-state index contributed by atoms with van der Waals surface area (Å²) in [5, 5.41) is 32.2. The molecule has 0 saturated carbocycles. The number of aromatic hydroxyl groups is 1. The highest BCUT2D eigenvalue weighted by Crippen LogP contribution is 2.35. The normalized spacial score (nSPS) is 12.3. The highest BCUT2D eigenvalue weighted by molar-refractivity contribution is 5.92. The first kappa shape index (κ1) is 25.8. The van der Waals surface area contributed by atoms with Crippen LogP contribution in [0.15, 0.2) is 103 Å². The molecule has 9 heteroatoms. The number of rotatable bonds is 8. The molecule has 0 aliphatic heterocycles. The van der Waals surface area contributed by atoms with Crippen LogP contribution in [0.5, 0.6) is 11.5 Å². The second-order valence-electron chi connectivity index (χ2n) is 8.09. The third-order valence-electron chi connectivity index (χ3n) is 5.60. The Bertz CT molecular complexity index is 1500. The Morgan fingerprint density at radius 3 is 2.26 bits per heavy atom. The number of amides is 2. The fourth-order valence-corrected chi connectivity index (χ4v) is 3.83. The van der Waals surface area contributed by atoms with Gasteiger partial charge in [-0.1, -0.05) is 48.5 Å². The molecule has 38 heavy (non-hydrogen) atoms. The van der Waals surface area contributed by atoms with Gasteiger partial charge in [-0.25, -0.2) is 10.3 Å². The molecule has 0 bridgehead atoms. The van der Waals surface area contributed by atoms with Gasteiger partial charge in [-0.05, 0) is 53.9 Å². The maximum absolute atomic E-state index is 13.1. The molecular weight excluding hydrogens is 486 g/mol. The molecule has 0 aliphatic carbocycles. The maximum Gasteiger partial charge on any atom is 0.412 e.